The van der Waals surface area contributed by atoms with E-state index in [0.717, 1.165) is 29.6 Å². The molecule has 0 bridgehead atoms. The van der Waals surface area contributed by atoms with Crippen LogP contribution in [0.3, 0.4) is 0 Å². The van der Waals surface area contributed by atoms with Crippen molar-refractivity contribution in [2.45, 2.75) is 37.7 Å². The molecule has 1 saturated carbocycles. The second-order valence-electron chi connectivity index (χ2n) is 6.40. The van der Waals surface area contributed by atoms with Gasteiger partial charge in [-0.05, 0) is 38.3 Å². The van der Waals surface area contributed by atoms with Gasteiger partial charge in [0.25, 0.3) is 0 Å². The summed E-state index contributed by atoms with van der Waals surface area (Å²) in [6.07, 6.45) is 2.03. The quantitative estimate of drug-likeness (QED) is 0.858. The van der Waals surface area contributed by atoms with Crippen LogP contribution in [0.1, 0.15) is 32.3 Å². The Kier molecular flexibility index (Phi) is 3.30. The van der Waals surface area contributed by atoms with Crippen LogP contribution in [0, 0.1) is 0 Å². The number of hydrogen-bond acceptors (Lipinski definition) is 4. The number of rotatable bonds is 4. The van der Waals surface area contributed by atoms with Crippen LogP contribution >= 0.6 is 0 Å². The average molecular weight is 288 g/mol. The van der Waals surface area contributed by atoms with Gasteiger partial charge in [-0.2, -0.15) is 0 Å². The topological polar surface area (TPSA) is 47.9 Å². The number of benzene rings is 1. The van der Waals surface area contributed by atoms with E-state index in [1.54, 1.807) is 7.11 Å². The van der Waals surface area contributed by atoms with Crippen LogP contribution in [0.25, 0.3) is 0 Å². The maximum absolute atomic E-state index is 9.61. The third-order valence-corrected chi connectivity index (χ3v) is 4.57. The summed E-state index contributed by atoms with van der Waals surface area (Å²) in [5, 5.41) is 9.61. The van der Waals surface area contributed by atoms with Crippen LogP contribution in [0.2, 0.25) is 0 Å². The number of aliphatic hydroxyl groups is 1. The minimum Gasteiger partial charge on any atom is -0.534 e. The molecule has 4 nitrogen and oxygen atoms in total. The number of hydrogen-bond donors (Lipinski definition) is 1. The second kappa shape index (κ2) is 4.78. The largest absolute Gasteiger partial charge is 0.567 e. The Morgan fingerprint density at radius 1 is 1.38 bits per heavy atom. The van der Waals surface area contributed by atoms with Crippen molar-refractivity contribution in [1.29, 1.82) is 0 Å². The van der Waals surface area contributed by atoms with Crippen molar-refractivity contribution < 1.29 is 19.2 Å². The van der Waals surface area contributed by atoms with E-state index >= 15 is 0 Å². The molecule has 1 saturated heterocycles. The van der Waals surface area contributed by atoms with Crippen LogP contribution in [-0.4, -0.2) is 31.5 Å². The van der Waals surface area contributed by atoms with Gasteiger partial charge in [0.05, 0.1) is 19.5 Å². The molecule has 0 unspecified atom stereocenters. The molecule has 112 valence electrons. The van der Waals surface area contributed by atoms with Gasteiger partial charge in [0.1, 0.15) is 11.4 Å². The fraction of sp³-hybridized carbons (Fsp3) is 0.500. The Morgan fingerprint density at radius 2 is 2.10 bits per heavy atom. The first-order valence-corrected chi connectivity index (χ1v) is 7.25. The zero-order chi connectivity index (χ0) is 15.3. The lowest BCUT2D eigenvalue weighted by Crippen LogP contribution is -2.36. The van der Waals surface area contributed by atoms with Gasteiger partial charge in [0, 0.05) is 10.9 Å². The highest BCUT2D eigenvalue weighted by atomic mass is 16.7. The molecule has 1 aliphatic heterocycles. The lowest BCUT2D eigenvalue weighted by atomic mass is 9.76. The third-order valence-electron chi connectivity index (χ3n) is 4.57. The van der Waals surface area contributed by atoms with Gasteiger partial charge in [0.2, 0.25) is 0 Å². The molecule has 21 heavy (non-hydrogen) atoms. The summed E-state index contributed by atoms with van der Waals surface area (Å²) < 4.78 is 17.1. The predicted molar refractivity (Wildman–Crippen MR) is 81.8 cm³/mol. The highest BCUT2D eigenvalue weighted by Crippen LogP contribution is 2.47. The first-order chi connectivity index (χ1) is 9.92. The maximum atomic E-state index is 9.61. The van der Waals surface area contributed by atoms with Gasteiger partial charge in [-0.15, -0.1) is 0 Å². The summed E-state index contributed by atoms with van der Waals surface area (Å²) in [6.45, 7) is 7.94. The van der Waals surface area contributed by atoms with Crippen molar-refractivity contribution in [3.05, 3.63) is 36.1 Å². The van der Waals surface area contributed by atoms with Crippen molar-refractivity contribution in [3.63, 3.8) is 0 Å². The average Bonchev–Trinajstić information content (AvgIpc) is 3.21. The standard InChI is InChI=1S/C16H21BO4/c1-11-15(2,3)21-17(20-11)13-9-12(5-6-14(13)19-4)16(10-18)7-8-16/h5-6,9,18H,1,7-8,10H2,2-4H3. The van der Waals surface area contributed by atoms with Crippen LogP contribution in [-0.2, 0) is 14.7 Å². The van der Waals surface area contributed by atoms with Crippen molar-refractivity contribution >= 4 is 12.6 Å². The molecule has 0 radical (unpaired) electrons. The van der Waals surface area contributed by atoms with E-state index in [1.807, 2.05) is 32.0 Å². The zero-order valence-corrected chi connectivity index (χ0v) is 12.8. The fourth-order valence-corrected chi connectivity index (χ4v) is 2.69. The van der Waals surface area contributed by atoms with Crippen LogP contribution in [0.4, 0.5) is 0 Å². The van der Waals surface area contributed by atoms with E-state index in [2.05, 4.69) is 6.58 Å². The van der Waals surface area contributed by atoms with Crippen LogP contribution in [0.5, 0.6) is 5.75 Å². The van der Waals surface area contributed by atoms with Gasteiger partial charge in [0.15, 0.2) is 0 Å². The van der Waals surface area contributed by atoms with Crippen LogP contribution < -0.4 is 10.2 Å². The molecule has 0 aromatic heterocycles. The van der Waals surface area contributed by atoms with Gasteiger partial charge in [-0.1, -0.05) is 18.7 Å². The summed E-state index contributed by atoms with van der Waals surface area (Å²) in [4.78, 5) is 0. The van der Waals surface area contributed by atoms with Crippen molar-refractivity contribution in [3.8, 4) is 5.75 Å². The molecule has 1 N–H and O–H groups in total. The molecule has 1 heterocycles. The van der Waals surface area contributed by atoms with E-state index in [-0.39, 0.29) is 12.0 Å². The third kappa shape index (κ3) is 2.34. The molecule has 0 amide bonds. The summed E-state index contributed by atoms with van der Waals surface area (Å²) in [5.74, 6) is 1.34. The molecule has 1 aromatic rings. The highest BCUT2D eigenvalue weighted by Gasteiger charge is 2.47. The second-order valence-corrected chi connectivity index (χ2v) is 6.40. The first kappa shape index (κ1) is 14.5. The molecule has 1 aromatic carbocycles. The Hall–Kier alpha value is -1.46. The predicted octanol–water partition coefficient (Wildman–Crippen LogP) is 1.75. The van der Waals surface area contributed by atoms with E-state index < -0.39 is 12.7 Å². The lowest BCUT2D eigenvalue weighted by Gasteiger charge is -2.18. The van der Waals surface area contributed by atoms with E-state index in [9.17, 15) is 5.11 Å². The Bertz CT molecular complexity index is 578. The monoisotopic (exact) mass is 288 g/mol. The molecule has 2 fully saturated rings. The summed E-state index contributed by atoms with van der Waals surface area (Å²) >= 11 is 0. The van der Waals surface area contributed by atoms with E-state index in [4.69, 9.17) is 14.0 Å². The van der Waals surface area contributed by atoms with Gasteiger partial charge in [-0.25, -0.2) is 0 Å². The van der Waals surface area contributed by atoms with Gasteiger partial charge in [-0.3, -0.25) is 0 Å². The Labute approximate surface area is 125 Å². The van der Waals surface area contributed by atoms with E-state index in [1.165, 1.54) is 0 Å². The lowest BCUT2D eigenvalue weighted by molar-refractivity contribution is 0.173. The minimum atomic E-state index is -0.517. The Balaban J connectivity index is 1.97. The molecule has 5 heteroatoms. The number of aliphatic hydroxyl groups excluding tert-OH is 1. The zero-order valence-electron chi connectivity index (χ0n) is 12.8. The molecule has 0 spiro atoms. The maximum Gasteiger partial charge on any atom is 0.567 e. The summed E-state index contributed by atoms with van der Waals surface area (Å²) in [5.41, 5.74) is 1.36. The molecular formula is C16H21BO4. The van der Waals surface area contributed by atoms with E-state index in [0.29, 0.717) is 5.76 Å². The molecule has 1 aliphatic carbocycles. The van der Waals surface area contributed by atoms with Gasteiger partial charge >= 0.3 is 7.12 Å². The summed E-state index contributed by atoms with van der Waals surface area (Å²) in [7, 11) is 1.11. The van der Waals surface area contributed by atoms with Gasteiger partial charge < -0.3 is 19.2 Å². The number of methoxy groups -OCH3 is 1. The SMILES string of the molecule is C=C1OB(c2cc(C3(CO)CC3)ccc2OC)OC1(C)C. The number of ether oxygens (including phenoxy) is 1. The summed E-state index contributed by atoms with van der Waals surface area (Å²) in [6, 6.07) is 5.96. The highest BCUT2D eigenvalue weighted by molar-refractivity contribution is 6.63. The van der Waals surface area contributed by atoms with Crippen molar-refractivity contribution in [2.24, 2.45) is 0 Å². The van der Waals surface area contributed by atoms with Crippen LogP contribution in [0.15, 0.2) is 30.5 Å². The van der Waals surface area contributed by atoms with Crippen molar-refractivity contribution in [2.75, 3.05) is 13.7 Å². The molecule has 0 atom stereocenters. The Morgan fingerprint density at radius 3 is 2.57 bits per heavy atom. The molecule has 3 rings (SSSR count). The minimum absolute atomic E-state index is 0.0911. The molecular weight excluding hydrogens is 267 g/mol. The molecule has 2 aliphatic rings. The first-order valence-electron chi connectivity index (χ1n) is 7.25. The normalized spacial score (nSPS) is 22.1. The smallest absolute Gasteiger partial charge is 0.534 e. The fourth-order valence-electron chi connectivity index (χ4n) is 2.69. The van der Waals surface area contributed by atoms with Crippen molar-refractivity contribution in [1.82, 2.24) is 0 Å².